The number of thiocarbonyl (C=S) groups is 1. The van der Waals surface area contributed by atoms with Crippen LogP contribution in [0.25, 0.3) is 6.08 Å². The summed E-state index contributed by atoms with van der Waals surface area (Å²) in [4.78, 5) is 13.9. The first-order chi connectivity index (χ1) is 13.0. The van der Waals surface area contributed by atoms with E-state index >= 15 is 0 Å². The Kier molecular flexibility index (Phi) is 6.08. The quantitative estimate of drug-likeness (QED) is 0.567. The highest BCUT2D eigenvalue weighted by atomic mass is 35.5. The number of rotatable bonds is 6. The van der Waals surface area contributed by atoms with Gasteiger partial charge >= 0.3 is 0 Å². The van der Waals surface area contributed by atoms with Crippen LogP contribution in [0.3, 0.4) is 0 Å². The monoisotopic (exact) mass is 404 g/mol. The van der Waals surface area contributed by atoms with E-state index in [0.717, 1.165) is 12.0 Å². The van der Waals surface area contributed by atoms with E-state index in [0.29, 0.717) is 33.7 Å². The van der Waals surface area contributed by atoms with Crippen LogP contribution in [0.2, 0.25) is 5.02 Å². The van der Waals surface area contributed by atoms with Crippen LogP contribution in [-0.2, 0) is 11.4 Å². The van der Waals surface area contributed by atoms with Gasteiger partial charge in [-0.1, -0.05) is 36.7 Å². The maximum atomic E-state index is 13.2. The number of amides is 1. The van der Waals surface area contributed by atoms with Gasteiger partial charge in [-0.25, -0.2) is 4.39 Å². The molecular formula is C20H18ClFN2O2S. The van der Waals surface area contributed by atoms with Crippen LogP contribution in [0.4, 0.5) is 4.39 Å². The van der Waals surface area contributed by atoms with Gasteiger partial charge in [-0.05, 0) is 60.1 Å². The van der Waals surface area contributed by atoms with Crippen LogP contribution in [-0.4, -0.2) is 22.5 Å². The molecule has 0 radical (unpaired) electrons. The summed E-state index contributed by atoms with van der Waals surface area (Å²) in [6, 6.07) is 11.4. The highest BCUT2D eigenvalue weighted by Gasteiger charge is 2.29. The van der Waals surface area contributed by atoms with Gasteiger partial charge in [0.05, 0.1) is 5.02 Å². The van der Waals surface area contributed by atoms with Crippen LogP contribution < -0.4 is 10.1 Å². The summed E-state index contributed by atoms with van der Waals surface area (Å²) < 4.78 is 18.9. The van der Waals surface area contributed by atoms with Gasteiger partial charge in [-0.3, -0.25) is 9.69 Å². The smallest absolute Gasteiger partial charge is 0.276 e. The van der Waals surface area contributed by atoms with Gasteiger partial charge in [-0.2, -0.15) is 0 Å². The Balaban J connectivity index is 1.71. The number of ether oxygens (including phenoxy) is 1. The Bertz CT molecular complexity index is 917. The fourth-order valence-electron chi connectivity index (χ4n) is 2.68. The summed E-state index contributed by atoms with van der Waals surface area (Å²) in [5, 5.41) is 3.75. The fourth-order valence-corrected chi connectivity index (χ4v) is 3.20. The number of hydrogen-bond acceptors (Lipinski definition) is 3. The molecule has 0 aromatic heterocycles. The molecule has 27 heavy (non-hydrogen) atoms. The van der Waals surface area contributed by atoms with Crippen molar-refractivity contribution in [3.63, 3.8) is 0 Å². The van der Waals surface area contributed by atoms with Crippen molar-refractivity contribution >= 4 is 40.9 Å². The average Bonchev–Trinajstić information content (AvgIpc) is 2.89. The van der Waals surface area contributed by atoms with Crippen LogP contribution in [0, 0.1) is 5.82 Å². The lowest BCUT2D eigenvalue weighted by Crippen LogP contribution is -2.31. The van der Waals surface area contributed by atoms with Crippen molar-refractivity contribution in [3.8, 4) is 5.75 Å². The highest BCUT2D eigenvalue weighted by molar-refractivity contribution is 7.80. The molecule has 1 fully saturated rings. The van der Waals surface area contributed by atoms with Crippen molar-refractivity contribution < 1.29 is 13.9 Å². The normalized spacial score (nSPS) is 15.4. The van der Waals surface area contributed by atoms with Gasteiger partial charge in [0.25, 0.3) is 5.91 Å². The molecule has 0 aliphatic carbocycles. The van der Waals surface area contributed by atoms with E-state index in [1.807, 2.05) is 6.92 Å². The van der Waals surface area contributed by atoms with Crippen molar-refractivity contribution in [3.05, 3.63) is 70.1 Å². The Labute approximate surface area is 167 Å². The third-order valence-corrected chi connectivity index (χ3v) is 4.58. The molecular weight excluding hydrogens is 387 g/mol. The largest absolute Gasteiger partial charge is 0.487 e. The topological polar surface area (TPSA) is 41.6 Å². The molecule has 0 spiro atoms. The molecule has 0 bridgehead atoms. The van der Waals surface area contributed by atoms with Gasteiger partial charge in [0.2, 0.25) is 0 Å². The molecule has 0 unspecified atom stereocenters. The summed E-state index contributed by atoms with van der Waals surface area (Å²) in [7, 11) is 0. The SMILES string of the molecule is CCCN1C(=O)C(=Cc2ccc(OCc3cccc(F)c3)c(Cl)c2)NC1=S. The molecule has 2 aromatic carbocycles. The predicted molar refractivity (Wildman–Crippen MR) is 108 cm³/mol. The van der Waals surface area contributed by atoms with Crippen LogP contribution in [0.5, 0.6) is 5.75 Å². The van der Waals surface area contributed by atoms with E-state index in [1.165, 1.54) is 12.1 Å². The van der Waals surface area contributed by atoms with E-state index in [-0.39, 0.29) is 18.3 Å². The summed E-state index contributed by atoms with van der Waals surface area (Å²) >= 11 is 11.5. The molecule has 1 amide bonds. The number of halogens is 2. The fraction of sp³-hybridized carbons (Fsp3) is 0.200. The van der Waals surface area contributed by atoms with Gasteiger partial charge in [0.15, 0.2) is 5.11 Å². The molecule has 0 saturated carbocycles. The maximum absolute atomic E-state index is 13.2. The molecule has 7 heteroatoms. The molecule has 0 atom stereocenters. The van der Waals surface area contributed by atoms with Crippen molar-refractivity contribution in [2.75, 3.05) is 6.54 Å². The van der Waals surface area contributed by atoms with Gasteiger partial charge in [0, 0.05) is 6.54 Å². The number of carbonyl (C=O) groups excluding carboxylic acids is 1. The lowest BCUT2D eigenvalue weighted by molar-refractivity contribution is -0.122. The minimum absolute atomic E-state index is 0.149. The Morgan fingerprint density at radius 1 is 1.30 bits per heavy atom. The van der Waals surface area contributed by atoms with E-state index in [9.17, 15) is 9.18 Å². The molecule has 1 saturated heterocycles. The lowest BCUT2D eigenvalue weighted by atomic mass is 10.1. The first-order valence-corrected chi connectivity index (χ1v) is 9.28. The number of nitrogens with one attached hydrogen (secondary N) is 1. The summed E-state index contributed by atoms with van der Waals surface area (Å²) in [5.41, 5.74) is 1.87. The zero-order chi connectivity index (χ0) is 19.4. The zero-order valence-corrected chi connectivity index (χ0v) is 16.2. The third kappa shape index (κ3) is 4.64. The molecule has 1 aliphatic heterocycles. The first kappa shape index (κ1) is 19.3. The van der Waals surface area contributed by atoms with Crippen molar-refractivity contribution in [1.82, 2.24) is 10.2 Å². The average molecular weight is 405 g/mol. The number of benzene rings is 2. The second-order valence-corrected chi connectivity index (χ2v) is 6.85. The predicted octanol–water partition coefficient (Wildman–Crippen LogP) is 4.53. The highest BCUT2D eigenvalue weighted by Crippen LogP contribution is 2.27. The zero-order valence-electron chi connectivity index (χ0n) is 14.7. The van der Waals surface area contributed by atoms with E-state index in [4.69, 9.17) is 28.6 Å². The molecule has 1 N–H and O–H groups in total. The summed E-state index contributed by atoms with van der Waals surface area (Å²) in [6.45, 7) is 2.77. The first-order valence-electron chi connectivity index (χ1n) is 8.49. The molecule has 4 nitrogen and oxygen atoms in total. The van der Waals surface area contributed by atoms with Crippen molar-refractivity contribution in [2.45, 2.75) is 20.0 Å². The third-order valence-electron chi connectivity index (χ3n) is 3.96. The van der Waals surface area contributed by atoms with Gasteiger partial charge < -0.3 is 10.1 Å². The maximum Gasteiger partial charge on any atom is 0.276 e. The van der Waals surface area contributed by atoms with Crippen LogP contribution >= 0.6 is 23.8 Å². The Morgan fingerprint density at radius 3 is 2.81 bits per heavy atom. The Morgan fingerprint density at radius 2 is 2.11 bits per heavy atom. The molecule has 140 valence electrons. The van der Waals surface area contributed by atoms with Gasteiger partial charge in [0.1, 0.15) is 23.9 Å². The van der Waals surface area contributed by atoms with E-state index in [1.54, 1.807) is 41.3 Å². The van der Waals surface area contributed by atoms with E-state index in [2.05, 4.69) is 5.32 Å². The molecule has 3 rings (SSSR count). The number of carbonyl (C=O) groups is 1. The van der Waals surface area contributed by atoms with Crippen LogP contribution in [0.1, 0.15) is 24.5 Å². The molecule has 1 heterocycles. The van der Waals surface area contributed by atoms with Crippen LogP contribution in [0.15, 0.2) is 48.2 Å². The summed E-state index contributed by atoms with van der Waals surface area (Å²) in [5.74, 6) is 0.0225. The second kappa shape index (κ2) is 8.50. The minimum Gasteiger partial charge on any atom is -0.487 e. The molecule has 2 aromatic rings. The lowest BCUT2D eigenvalue weighted by Gasteiger charge is -2.11. The Hall–Kier alpha value is -2.44. The second-order valence-electron chi connectivity index (χ2n) is 6.05. The van der Waals surface area contributed by atoms with Crippen molar-refractivity contribution in [2.24, 2.45) is 0 Å². The van der Waals surface area contributed by atoms with Crippen molar-refractivity contribution in [1.29, 1.82) is 0 Å². The minimum atomic E-state index is -0.312. The number of hydrogen-bond donors (Lipinski definition) is 1. The van der Waals surface area contributed by atoms with E-state index < -0.39 is 0 Å². The number of nitrogens with zero attached hydrogens (tertiary/aromatic N) is 1. The van der Waals surface area contributed by atoms with Gasteiger partial charge in [-0.15, -0.1) is 0 Å². The summed E-state index contributed by atoms with van der Waals surface area (Å²) in [6.07, 6.45) is 2.52. The standard InChI is InChI=1S/C20H18ClFN2O2S/c1-2-8-24-19(25)17(23-20(24)27)11-13-6-7-18(16(21)10-13)26-12-14-4-3-5-15(22)9-14/h3-7,9-11H,2,8,12H2,1H3,(H,23,27). The molecule has 1 aliphatic rings.